The molecule has 0 radical (unpaired) electrons. The van der Waals surface area contributed by atoms with Crippen LogP contribution in [0.1, 0.15) is 24.7 Å². The Labute approximate surface area is 113 Å². The molecule has 0 spiro atoms. The number of hydrogen-bond acceptors (Lipinski definition) is 5. The Morgan fingerprint density at radius 2 is 2.21 bits per heavy atom. The standard InChI is InChI=1S/C14H18N4O/c1-3-6-15-8-12-9-16-10-14(18-12)19-13-5-4-7-17-11(13)2/h4-5,7,9-10,15H,3,6,8H2,1-2H3. The summed E-state index contributed by atoms with van der Waals surface area (Å²) in [6.07, 6.45) is 6.18. The Hall–Kier alpha value is -2.01. The number of nitrogens with zero attached hydrogens (tertiary/aromatic N) is 3. The van der Waals surface area contributed by atoms with Gasteiger partial charge in [-0.3, -0.25) is 9.97 Å². The molecular formula is C14H18N4O. The molecule has 0 amide bonds. The Morgan fingerprint density at radius 3 is 3.00 bits per heavy atom. The van der Waals surface area contributed by atoms with Crippen molar-refractivity contribution in [1.82, 2.24) is 20.3 Å². The third-order valence-electron chi connectivity index (χ3n) is 2.57. The molecule has 2 heterocycles. The summed E-state index contributed by atoms with van der Waals surface area (Å²) in [6, 6.07) is 3.70. The molecule has 2 rings (SSSR count). The Morgan fingerprint density at radius 1 is 1.32 bits per heavy atom. The smallest absolute Gasteiger partial charge is 0.238 e. The second-order valence-corrected chi connectivity index (χ2v) is 4.21. The SMILES string of the molecule is CCCNCc1cncc(Oc2cccnc2C)n1. The number of ether oxygens (including phenoxy) is 1. The van der Waals surface area contributed by atoms with Gasteiger partial charge in [0, 0.05) is 18.9 Å². The minimum absolute atomic E-state index is 0.492. The van der Waals surface area contributed by atoms with Crippen LogP contribution < -0.4 is 10.1 Å². The van der Waals surface area contributed by atoms with Crippen LogP contribution in [0.5, 0.6) is 11.6 Å². The van der Waals surface area contributed by atoms with E-state index >= 15 is 0 Å². The van der Waals surface area contributed by atoms with Crippen LogP contribution in [0.15, 0.2) is 30.7 Å². The lowest BCUT2D eigenvalue weighted by Crippen LogP contribution is -2.15. The van der Waals surface area contributed by atoms with Crippen LogP contribution in [0.2, 0.25) is 0 Å². The van der Waals surface area contributed by atoms with E-state index in [9.17, 15) is 0 Å². The highest BCUT2D eigenvalue weighted by Gasteiger charge is 2.04. The fraction of sp³-hybridized carbons (Fsp3) is 0.357. The van der Waals surface area contributed by atoms with E-state index in [-0.39, 0.29) is 0 Å². The fourth-order valence-corrected chi connectivity index (χ4v) is 1.60. The molecule has 0 atom stereocenters. The summed E-state index contributed by atoms with van der Waals surface area (Å²) in [4.78, 5) is 12.7. The second-order valence-electron chi connectivity index (χ2n) is 4.21. The maximum atomic E-state index is 5.69. The molecule has 5 heteroatoms. The topological polar surface area (TPSA) is 59.9 Å². The van der Waals surface area contributed by atoms with Crippen molar-refractivity contribution in [2.75, 3.05) is 6.54 Å². The summed E-state index contributed by atoms with van der Waals surface area (Å²) in [7, 11) is 0. The summed E-state index contributed by atoms with van der Waals surface area (Å²) >= 11 is 0. The van der Waals surface area contributed by atoms with Gasteiger partial charge < -0.3 is 10.1 Å². The zero-order chi connectivity index (χ0) is 13.5. The van der Waals surface area contributed by atoms with E-state index in [0.717, 1.165) is 24.4 Å². The van der Waals surface area contributed by atoms with Crippen LogP contribution in [-0.2, 0) is 6.54 Å². The molecular weight excluding hydrogens is 240 g/mol. The van der Waals surface area contributed by atoms with Gasteiger partial charge in [0.15, 0.2) is 5.75 Å². The first kappa shape index (κ1) is 13.4. The van der Waals surface area contributed by atoms with Gasteiger partial charge >= 0.3 is 0 Å². The van der Waals surface area contributed by atoms with Gasteiger partial charge in [-0.25, -0.2) is 4.98 Å². The van der Waals surface area contributed by atoms with Crippen LogP contribution >= 0.6 is 0 Å². The average Bonchev–Trinajstić information content (AvgIpc) is 2.42. The molecule has 0 fully saturated rings. The number of rotatable bonds is 6. The van der Waals surface area contributed by atoms with Gasteiger partial charge in [-0.2, -0.15) is 0 Å². The van der Waals surface area contributed by atoms with Crippen molar-refractivity contribution in [3.05, 3.63) is 42.1 Å². The fourth-order valence-electron chi connectivity index (χ4n) is 1.60. The van der Waals surface area contributed by atoms with E-state index in [1.165, 1.54) is 0 Å². The highest BCUT2D eigenvalue weighted by molar-refractivity contribution is 5.29. The highest BCUT2D eigenvalue weighted by Crippen LogP contribution is 2.20. The lowest BCUT2D eigenvalue weighted by Gasteiger charge is -2.08. The predicted molar refractivity (Wildman–Crippen MR) is 73.1 cm³/mol. The normalized spacial score (nSPS) is 10.4. The minimum atomic E-state index is 0.492. The molecule has 0 saturated carbocycles. The quantitative estimate of drug-likeness (QED) is 0.806. The van der Waals surface area contributed by atoms with E-state index in [1.807, 2.05) is 19.1 Å². The van der Waals surface area contributed by atoms with Crippen LogP contribution in [0.25, 0.3) is 0 Å². The maximum Gasteiger partial charge on any atom is 0.238 e. The van der Waals surface area contributed by atoms with Gasteiger partial charge in [-0.15, -0.1) is 0 Å². The Balaban J connectivity index is 2.05. The summed E-state index contributed by atoms with van der Waals surface area (Å²) in [5.41, 5.74) is 1.70. The molecule has 0 aromatic carbocycles. The van der Waals surface area contributed by atoms with Crippen molar-refractivity contribution in [3.63, 3.8) is 0 Å². The first-order valence-electron chi connectivity index (χ1n) is 6.40. The van der Waals surface area contributed by atoms with Gasteiger partial charge in [0.05, 0.1) is 17.6 Å². The van der Waals surface area contributed by atoms with Gasteiger partial charge in [0.2, 0.25) is 5.88 Å². The molecule has 0 aliphatic carbocycles. The maximum absolute atomic E-state index is 5.69. The number of aromatic nitrogens is 3. The summed E-state index contributed by atoms with van der Waals surface area (Å²) in [5.74, 6) is 1.20. The predicted octanol–water partition coefficient (Wildman–Crippen LogP) is 2.47. The molecule has 0 aliphatic heterocycles. The molecule has 0 unspecified atom stereocenters. The largest absolute Gasteiger partial charge is 0.436 e. The van der Waals surface area contributed by atoms with Crippen molar-refractivity contribution in [2.24, 2.45) is 0 Å². The molecule has 2 aromatic heterocycles. The Bertz CT molecular complexity index is 530. The van der Waals surface area contributed by atoms with Crippen molar-refractivity contribution in [2.45, 2.75) is 26.8 Å². The van der Waals surface area contributed by atoms with Crippen LogP contribution in [0, 0.1) is 6.92 Å². The molecule has 0 bridgehead atoms. The zero-order valence-corrected chi connectivity index (χ0v) is 11.3. The number of nitrogens with one attached hydrogen (secondary N) is 1. The van der Waals surface area contributed by atoms with Crippen LogP contribution in [-0.4, -0.2) is 21.5 Å². The van der Waals surface area contributed by atoms with Crippen LogP contribution in [0.3, 0.4) is 0 Å². The summed E-state index contributed by atoms with van der Waals surface area (Å²) in [5, 5.41) is 3.28. The minimum Gasteiger partial charge on any atom is -0.436 e. The monoisotopic (exact) mass is 258 g/mol. The number of pyridine rings is 1. The van der Waals surface area contributed by atoms with Gasteiger partial charge in [-0.1, -0.05) is 6.92 Å². The third-order valence-corrected chi connectivity index (χ3v) is 2.57. The van der Waals surface area contributed by atoms with E-state index in [2.05, 4.69) is 27.2 Å². The summed E-state index contributed by atoms with van der Waals surface area (Å²) < 4.78 is 5.69. The lowest BCUT2D eigenvalue weighted by molar-refractivity contribution is 0.450. The molecule has 0 aliphatic rings. The van der Waals surface area contributed by atoms with E-state index in [1.54, 1.807) is 18.6 Å². The lowest BCUT2D eigenvalue weighted by atomic mass is 10.3. The molecule has 19 heavy (non-hydrogen) atoms. The van der Waals surface area contributed by atoms with Crippen molar-refractivity contribution >= 4 is 0 Å². The van der Waals surface area contributed by atoms with Gasteiger partial charge in [-0.05, 0) is 32.0 Å². The first-order chi connectivity index (χ1) is 9.29. The van der Waals surface area contributed by atoms with Crippen LogP contribution in [0.4, 0.5) is 0 Å². The third kappa shape index (κ3) is 3.99. The zero-order valence-electron chi connectivity index (χ0n) is 11.3. The molecule has 1 N–H and O–H groups in total. The summed E-state index contributed by atoms with van der Waals surface area (Å²) in [6.45, 7) is 5.69. The molecule has 2 aromatic rings. The van der Waals surface area contributed by atoms with Crippen molar-refractivity contribution in [3.8, 4) is 11.6 Å². The molecule has 0 saturated heterocycles. The van der Waals surface area contributed by atoms with Gasteiger partial charge in [0.1, 0.15) is 0 Å². The highest BCUT2D eigenvalue weighted by atomic mass is 16.5. The number of aryl methyl sites for hydroxylation is 1. The van der Waals surface area contributed by atoms with E-state index in [4.69, 9.17) is 4.74 Å². The molecule has 5 nitrogen and oxygen atoms in total. The van der Waals surface area contributed by atoms with E-state index in [0.29, 0.717) is 18.2 Å². The first-order valence-corrected chi connectivity index (χ1v) is 6.40. The van der Waals surface area contributed by atoms with Gasteiger partial charge in [0.25, 0.3) is 0 Å². The number of hydrogen-bond donors (Lipinski definition) is 1. The molecule has 100 valence electrons. The van der Waals surface area contributed by atoms with Crippen molar-refractivity contribution in [1.29, 1.82) is 0 Å². The average molecular weight is 258 g/mol. The second kappa shape index (κ2) is 6.80. The van der Waals surface area contributed by atoms with Crippen molar-refractivity contribution < 1.29 is 4.74 Å². The Kier molecular flexibility index (Phi) is 4.80. The van der Waals surface area contributed by atoms with E-state index < -0.39 is 0 Å².